The van der Waals surface area contributed by atoms with Crippen LogP contribution in [0.4, 0.5) is 22.7 Å². The lowest BCUT2D eigenvalue weighted by atomic mass is 10.1. The van der Waals surface area contributed by atoms with Crippen LogP contribution in [0.1, 0.15) is 16.8 Å². The van der Waals surface area contributed by atoms with E-state index in [4.69, 9.17) is 0 Å². The van der Waals surface area contributed by atoms with Crippen molar-refractivity contribution in [1.29, 1.82) is 0 Å². The van der Waals surface area contributed by atoms with Crippen LogP contribution in [0.5, 0.6) is 0 Å². The molecule has 0 spiro atoms. The largest absolute Gasteiger partial charge is 0.416 e. The first-order valence-corrected chi connectivity index (χ1v) is 6.31. The summed E-state index contributed by atoms with van der Waals surface area (Å²) in [6, 6.07) is 2.23. The molecule has 1 heterocycles. The van der Waals surface area contributed by atoms with Gasteiger partial charge in [0.1, 0.15) is 5.82 Å². The lowest BCUT2D eigenvalue weighted by Gasteiger charge is -2.07. The maximum Gasteiger partial charge on any atom is 0.416 e. The van der Waals surface area contributed by atoms with E-state index in [9.17, 15) is 17.6 Å². The molecule has 0 saturated heterocycles. The van der Waals surface area contributed by atoms with Gasteiger partial charge >= 0.3 is 6.18 Å². The highest BCUT2D eigenvalue weighted by atomic mass is 32.1. The number of anilines is 1. The SMILES string of the molecule is Cc1csc(NN=Cc2cc(F)cc(C(F)(F)F)c2)n1. The van der Waals surface area contributed by atoms with E-state index in [1.807, 2.05) is 0 Å². The summed E-state index contributed by atoms with van der Waals surface area (Å²) in [5.74, 6) is -0.966. The molecule has 0 amide bonds. The molecular weight excluding hydrogens is 294 g/mol. The smallest absolute Gasteiger partial charge is 0.253 e. The van der Waals surface area contributed by atoms with Crippen LogP contribution >= 0.6 is 11.3 Å². The second-order valence-electron chi connectivity index (χ2n) is 3.94. The zero-order chi connectivity index (χ0) is 14.8. The van der Waals surface area contributed by atoms with Crippen LogP contribution < -0.4 is 5.43 Å². The Labute approximate surface area is 116 Å². The van der Waals surface area contributed by atoms with Crippen LogP contribution in [0.25, 0.3) is 0 Å². The number of benzene rings is 1. The number of hydrazone groups is 1. The Bertz CT molecular complexity index is 634. The molecule has 0 fully saturated rings. The van der Waals surface area contributed by atoms with Crippen molar-refractivity contribution in [2.24, 2.45) is 5.10 Å². The quantitative estimate of drug-likeness (QED) is 0.527. The number of aryl methyl sites for hydroxylation is 1. The van der Waals surface area contributed by atoms with Crippen LogP contribution in [0.3, 0.4) is 0 Å². The number of nitrogens with zero attached hydrogens (tertiary/aromatic N) is 2. The van der Waals surface area contributed by atoms with E-state index in [1.54, 1.807) is 12.3 Å². The molecule has 0 aliphatic rings. The highest BCUT2D eigenvalue weighted by Crippen LogP contribution is 2.30. The van der Waals surface area contributed by atoms with Crippen LogP contribution in [-0.4, -0.2) is 11.2 Å². The van der Waals surface area contributed by atoms with Gasteiger partial charge in [-0.15, -0.1) is 11.3 Å². The molecule has 20 heavy (non-hydrogen) atoms. The maximum atomic E-state index is 13.1. The predicted octanol–water partition coefficient (Wildman–Crippen LogP) is 4.06. The zero-order valence-corrected chi connectivity index (χ0v) is 11.0. The van der Waals surface area contributed by atoms with E-state index in [1.165, 1.54) is 11.3 Å². The Balaban J connectivity index is 2.15. The van der Waals surface area contributed by atoms with Gasteiger partial charge in [-0.3, -0.25) is 5.43 Å². The molecule has 106 valence electrons. The summed E-state index contributed by atoms with van der Waals surface area (Å²) in [5, 5.41) is 6.03. The van der Waals surface area contributed by atoms with E-state index in [0.29, 0.717) is 11.2 Å². The Hall–Kier alpha value is -1.96. The van der Waals surface area contributed by atoms with Crippen molar-refractivity contribution in [3.05, 3.63) is 46.2 Å². The third-order valence-electron chi connectivity index (χ3n) is 2.24. The summed E-state index contributed by atoms with van der Waals surface area (Å²) < 4.78 is 50.6. The molecule has 8 heteroatoms. The Morgan fingerprint density at radius 1 is 1.30 bits per heavy atom. The van der Waals surface area contributed by atoms with Gasteiger partial charge < -0.3 is 0 Å². The minimum atomic E-state index is -4.59. The van der Waals surface area contributed by atoms with E-state index in [2.05, 4.69) is 15.5 Å². The average molecular weight is 303 g/mol. The van der Waals surface area contributed by atoms with Crippen molar-refractivity contribution in [3.63, 3.8) is 0 Å². The van der Waals surface area contributed by atoms with Crippen LogP contribution in [-0.2, 0) is 6.18 Å². The summed E-state index contributed by atoms with van der Waals surface area (Å²) in [5.41, 5.74) is 2.33. The molecule has 0 aliphatic heterocycles. The van der Waals surface area contributed by atoms with Crippen molar-refractivity contribution >= 4 is 22.7 Å². The second kappa shape index (κ2) is 5.58. The Morgan fingerprint density at radius 3 is 2.65 bits per heavy atom. The Morgan fingerprint density at radius 2 is 2.05 bits per heavy atom. The summed E-state index contributed by atoms with van der Waals surface area (Å²) in [7, 11) is 0. The minimum Gasteiger partial charge on any atom is -0.253 e. The van der Waals surface area contributed by atoms with Gasteiger partial charge in [-0.1, -0.05) is 0 Å². The number of hydrogen-bond donors (Lipinski definition) is 1. The molecule has 0 saturated carbocycles. The van der Waals surface area contributed by atoms with Gasteiger partial charge in [0.2, 0.25) is 5.13 Å². The van der Waals surface area contributed by atoms with Crippen LogP contribution in [0, 0.1) is 12.7 Å². The van der Waals surface area contributed by atoms with Gasteiger partial charge in [-0.05, 0) is 30.7 Å². The molecule has 3 nitrogen and oxygen atoms in total. The monoisotopic (exact) mass is 303 g/mol. The number of rotatable bonds is 3. The molecule has 2 aromatic rings. The second-order valence-corrected chi connectivity index (χ2v) is 4.79. The number of thiazole rings is 1. The number of nitrogens with one attached hydrogen (secondary N) is 1. The highest BCUT2D eigenvalue weighted by Gasteiger charge is 2.31. The van der Waals surface area contributed by atoms with Gasteiger partial charge in [0.15, 0.2) is 0 Å². The first-order valence-electron chi connectivity index (χ1n) is 5.43. The lowest BCUT2D eigenvalue weighted by molar-refractivity contribution is -0.137. The lowest BCUT2D eigenvalue weighted by Crippen LogP contribution is -2.06. The van der Waals surface area contributed by atoms with Crippen molar-refractivity contribution in [1.82, 2.24) is 4.98 Å². The Kier molecular flexibility index (Phi) is 4.03. The summed E-state index contributed by atoms with van der Waals surface area (Å²) in [6.45, 7) is 1.80. The van der Waals surface area contributed by atoms with Crippen molar-refractivity contribution in [3.8, 4) is 0 Å². The van der Waals surface area contributed by atoms with Gasteiger partial charge in [-0.25, -0.2) is 9.37 Å². The number of aromatic nitrogens is 1. The first-order chi connectivity index (χ1) is 9.34. The number of hydrogen-bond acceptors (Lipinski definition) is 4. The van der Waals surface area contributed by atoms with Gasteiger partial charge in [0, 0.05) is 5.38 Å². The molecular formula is C12H9F4N3S. The molecule has 1 aromatic heterocycles. The summed E-state index contributed by atoms with van der Waals surface area (Å²) in [6.07, 6.45) is -3.49. The maximum absolute atomic E-state index is 13.1. The zero-order valence-electron chi connectivity index (χ0n) is 10.2. The van der Waals surface area contributed by atoms with E-state index in [-0.39, 0.29) is 5.56 Å². The number of halogens is 4. The minimum absolute atomic E-state index is 0.0121. The molecule has 0 atom stereocenters. The number of alkyl halides is 3. The van der Waals surface area contributed by atoms with Crippen molar-refractivity contribution in [2.75, 3.05) is 5.43 Å². The molecule has 1 N–H and O–H groups in total. The standard InChI is InChI=1S/C12H9F4N3S/c1-7-6-20-11(18-7)19-17-5-8-2-9(12(14,15)16)4-10(13)3-8/h2-6H,1H3,(H,18,19). The molecule has 2 rings (SSSR count). The van der Waals surface area contributed by atoms with E-state index in [0.717, 1.165) is 24.0 Å². The topological polar surface area (TPSA) is 37.3 Å². The van der Waals surface area contributed by atoms with Gasteiger partial charge in [0.05, 0.1) is 17.5 Å². The van der Waals surface area contributed by atoms with Crippen LogP contribution in [0.15, 0.2) is 28.7 Å². The highest BCUT2D eigenvalue weighted by molar-refractivity contribution is 7.13. The molecule has 0 aliphatic carbocycles. The third kappa shape index (κ3) is 3.77. The third-order valence-corrected chi connectivity index (χ3v) is 3.11. The first kappa shape index (κ1) is 14.4. The fraction of sp³-hybridized carbons (Fsp3) is 0.167. The molecule has 1 aromatic carbocycles. The fourth-order valence-corrected chi connectivity index (χ4v) is 2.05. The summed E-state index contributed by atoms with van der Waals surface area (Å²) >= 11 is 1.31. The van der Waals surface area contributed by atoms with Gasteiger partial charge in [0.25, 0.3) is 0 Å². The molecule has 0 unspecified atom stereocenters. The predicted molar refractivity (Wildman–Crippen MR) is 69.5 cm³/mol. The molecule has 0 bridgehead atoms. The van der Waals surface area contributed by atoms with E-state index >= 15 is 0 Å². The normalized spacial score (nSPS) is 12.1. The molecule has 0 radical (unpaired) electrons. The van der Waals surface area contributed by atoms with Crippen LogP contribution in [0.2, 0.25) is 0 Å². The average Bonchev–Trinajstić information content (AvgIpc) is 2.73. The fourth-order valence-electron chi connectivity index (χ4n) is 1.42. The van der Waals surface area contributed by atoms with Crippen molar-refractivity contribution < 1.29 is 17.6 Å². The van der Waals surface area contributed by atoms with Gasteiger partial charge in [-0.2, -0.15) is 18.3 Å². The van der Waals surface area contributed by atoms with E-state index < -0.39 is 17.6 Å². The van der Waals surface area contributed by atoms with Crippen molar-refractivity contribution in [2.45, 2.75) is 13.1 Å². The summed E-state index contributed by atoms with van der Waals surface area (Å²) in [4.78, 5) is 4.06.